The van der Waals surface area contributed by atoms with Gasteiger partial charge >= 0.3 is 0 Å². The number of carbonyl (C=O) groups excluding carboxylic acids is 1. The number of amides is 1. The molecule has 168 valence electrons. The second-order valence-electron chi connectivity index (χ2n) is 8.17. The molecule has 1 aromatic heterocycles. The maximum absolute atomic E-state index is 13.7. The normalized spacial score (nSPS) is 10.9. The van der Waals surface area contributed by atoms with Crippen LogP contribution in [0.15, 0.2) is 72.8 Å². The third kappa shape index (κ3) is 5.18. The van der Waals surface area contributed by atoms with E-state index in [4.69, 9.17) is 16.3 Å². The van der Waals surface area contributed by atoms with Gasteiger partial charge in [-0.2, -0.15) is 0 Å². The molecular weight excluding hydrogens is 432 g/mol. The standard InChI is InChI=1S/C28H27ClN2O2/c1-4-20-12-13-25-22(15-20)16-23(27(29)30-25)18-31(17-21-9-7-8-19(2)14-21)28(32)24-10-5-6-11-26(24)33-3/h5-16H,4,17-18H2,1-3H3. The first-order valence-electron chi connectivity index (χ1n) is 11.0. The summed E-state index contributed by atoms with van der Waals surface area (Å²) in [6.45, 7) is 4.96. The van der Waals surface area contributed by atoms with E-state index in [0.29, 0.717) is 29.6 Å². The van der Waals surface area contributed by atoms with Gasteiger partial charge in [0, 0.05) is 24.0 Å². The van der Waals surface area contributed by atoms with Crippen LogP contribution in [0, 0.1) is 6.92 Å². The number of carbonyl (C=O) groups is 1. The molecule has 0 radical (unpaired) electrons. The summed E-state index contributed by atoms with van der Waals surface area (Å²) in [6, 6.07) is 23.7. The zero-order chi connectivity index (χ0) is 23.4. The molecule has 0 aliphatic rings. The first kappa shape index (κ1) is 22.8. The van der Waals surface area contributed by atoms with E-state index in [0.717, 1.165) is 34.0 Å². The van der Waals surface area contributed by atoms with Gasteiger partial charge in [0.05, 0.1) is 18.2 Å². The Morgan fingerprint density at radius 3 is 2.55 bits per heavy atom. The molecule has 0 N–H and O–H groups in total. The third-order valence-corrected chi connectivity index (χ3v) is 6.08. The second kappa shape index (κ2) is 10.1. The Morgan fingerprint density at radius 1 is 0.970 bits per heavy atom. The number of para-hydroxylation sites is 1. The summed E-state index contributed by atoms with van der Waals surface area (Å²) in [4.78, 5) is 20.1. The number of ether oxygens (including phenoxy) is 1. The topological polar surface area (TPSA) is 42.4 Å². The van der Waals surface area contributed by atoms with E-state index >= 15 is 0 Å². The minimum atomic E-state index is -0.118. The van der Waals surface area contributed by atoms with Crippen molar-refractivity contribution in [2.75, 3.05) is 7.11 Å². The van der Waals surface area contributed by atoms with Crippen LogP contribution in [0.3, 0.4) is 0 Å². The van der Waals surface area contributed by atoms with Crippen LogP contribution in [-0.4, -0.2) is 22.9 Å². The number of benzene rings is 3. The second-order valence-corrected chi connectivity index (χ2v) is 8.53. The van der Waals surface area contributed by atoms with E-state index < -0.39 is 0 Å². The molecule has 33 heavy (non-hydrogen) atoms. The SMILES string of the molecule is CCc1ccc2nc(Cl)c(CN(Cc3cccc(C)c3)C(=O)c3ccccc3OC)cc2c1. The Hall–Kier alpha value is -3.37. The minimum Gasteiger partial charge on any atom is -0.496 e. The van der Waals surface area contributed by atoms with Gasteiger partial charge in [-0.25, -0.2) is 4.98 Å². The molecule has 3 aromatic carbocycles. The van der Waals surface area contributed by atoms with Crippen molar-refractivity contribution in [2.24, 2.45) is 0 Å². The zero-order valence-electron chi connectivity index (χ0n) is 19.1. The van der Waals surface area contributed by atoms with Gasteiger partial charge in [-0.1, -0.05) is 66.6 Å². The predicted octanol–water partition coefficient (Wildman–Crippen LogP) is 6.61. The maximum atomic E-state index is 13.7. The van der Waals surface area contributed by atoms with Crippen LogP contribution in [0.2, 0.25) is 5.15 Å². The molecule has 0 bridgehead atoms. The lowest BCUT2D eigenvalue weighted by atomic mass is 10.1. The number of fused-ring (bicyclic) bond motifs is 1. The average molecular weight is 459 g/mol. The number of aromatic nitrogens is 1. The fourth-order valence-corrected chi connectivity index (χ4v) is 4.21. The molecule has 1 heterocycles. The van der Waals surface area contributed by atoms with Crippen molar-refractivity contribution in [3.63, 3.8) is 0 Å². The molecule has 0 aliphatic carbocycles. The van der Waals surface area contributed by atoms with Gasteiger partial charge < -0.3 is 9.64 Å². The van der Waals surface area contributed by atoms with Gasteiger partial charge in [-0.15, -0.1) is 0 Å². The summed E-state index contributed by atoms with van der Waals surface area (Å²) in [7, 11) is 1.58. The summed E-state index contributed by atoms with van der Waals surface area (Å²) in [5.41, 5.74) is 5.62. The molecule has 4 nitrogen and oxygen atoms in total. The highest BCUT2D eigenvalue weighted by atomic mass is 35.5. The van der Waals surface area contributed by atoms with Crippen molar-refractivity contribution in [1.82, 2.24) is 9.88 Å². The Morgan fingerprint density at radius 2 is 1.79 bits per heavy atom. The number of rotatable bonds is 7. The number of hydrogen-bond acceptors (Lipinski definition) is 3. The summed E-state index contributed by atoms with van der Waals surface area (Å²) in [5.74, 6) is 0.430. The molecule has 0 atom stereocenters. The van der Waals surface area contributed by atoms with E-state index in [1.165, 1.54) is 5.56 Å². The largest absolute Gasteiger partial charge is 0.496 e. The van der Waals surface area contributed by atoms with E-state index in [1.54, 1.807) is 24.1 Å². The van der Waals surface area contributed by atoms with Crippen LogP contribution in [0.4, 0.5) is 0 Å². The quantitative estimate of drug-likeness (QED) is 0.292. The van der Waals surface area contributed by atoms with Crippen molar-refractivity contribution in [3.8, 4) is 5.75 Å². The van der Waals surface area contributed by atoms with Gasteiger partial charge in [0.25, 0.3) is 5.91 Å². The average Bonchev–Trinajstić information content (AvgIpc) is 2.83. The summed E-state index contributed by atoms with van der Waals surface area (Å²) in [6.07, 6.45) is 0.944. The molecule has 0 unspecified atom stereocenters. The molecule has 4 rings (SSSR count). The molecule has 0 fully saturated rings. The Kier molecular flexibility index (Phi) is 6.95. The van der Waals surface area contributed by atoms with Crippen LogP contribution < -0.4 is 4.74 Å². The minimum absolute atomic E-state index is 0.118. The van der Waals surface area contributed by atoms with Crippen molar-refractivity contribution >= 4 is 28.4 Å². The van der Waals surface area contributed by atoms with Crippen LogP contribution in [0.1, 0.15) is 39.5 Å². The van der Waals surface area contributed by atoms with Gasteiger partial charge in [0.1, 0.15) is 10.9 Å². The lowest BCUT2D eigenvalue weighted by Crippen LogP contribution is -2.30. The van der Waals surface area contributed by atoms with Crippen LogP contribution in [0.5, 0.6) is 5.75 Å². The molecule has 1 amide bonds. The van der Waals surface area contributed by atoms with E-state index in [1.807, 2.05) is 49.4 Å². The highest BCUT2D eigenvalue weighted by Gasteiger charge is 2.21. The molecule has 5 heteroatoms. The Balaban J connectivity index is 1.74. The summed E-state index contributed by atoms with van der Waals surface area (Å²) >= 11 is 6.58. The molecule has 0 saturated carbocycles. The van der Waals surface area contributed by atoms with Gasteiger partial charge in [0.2, 0.25) is 0 Å². The predicted molar refractivity (Wildman–Crippen MR) is 134 cm³/mol. The van der Waals surface area contributed by atoms with Gasteiger partial charge in [0.15, 0.2) is 0 Å². The van der Waals surface area contributed by atoms with Crippen molar-refractivity contribution in [2.45, 2.75) is 33.4 Å². The number of halogens is 1. The fourth-order valence-electron chi connectivity index (χ4n) is 4.00. The maximum Gasteiger partial charge on any atom is 0.258 e. The number of methoxy groups -OCH3 is 1. The van der Waals surface area contributed by atoms with Crippen LogP contribution >= 0.6 is 11.6 Å². The number of pyridine rings is 1. The lowest BCUT2D eigenvalue weighted by Gasteiger charge is -2.25. The Bertz CT molecular complexity index is 1300. The number of nitrogens with zero attached hydrogens (tertiary/aromatic N) is 2. The smallest absolute Gasteiger partial charge is 0.258 e. The van der Waals surface area contributed by atoms with E-state index in [9.17, 15) is 4.79 Å². The van der Waals surface area contributed by atoms with E-state index in [2.05, 4.69) is 30.1 Å². The van der Waals surface area contributed by atoms with Gasteiger partial charge in [-0.05, 0) is 54.8 Å². The fraction of sp³-hybridized carbons (Fsp3) is 0.214. The number of aryl methyl sites for hydroxylation is 2. The summed E-state index contributed by atoms with van der Waals surface area (Å²) in [5, 5.41) is 1.43. The van der Waals surface area contributed by atoms with Crippen LogP contribution in [-0.2, 0) is 19.5 Å². The highest BCUT2D eigenvalue weighted by Crippen LogP contribution is 2.26. The molecular formula is C28H27ClN2O2. The van der Waals surface area contributed by atoms with Crippen molar-refractivity contribution in [1.29, 1.82) is 0 Å². The molecule has 0 spiro atoms. The zero-order valence-corrected chi connectivity index (χ0v) is 19.9. The van der Waals surface area contributed by atoms with E-state index in [-0.39, 0.29) is 5.91 Å². The third-order valence-electron chi connectivity index (χ3n) is 5.76. The van der Waals surface area contributed by atoms with Crippen molar-refractivity contribution < 1.29 is 9.53 Å². The summed E-state index contributed by atoms with van der Waals surface area (Å²) < 4.78 is 5.46. The highest BCUT2D eigenvalue weighted by molar-refractivity contribution is 6.30. The first-order chi connectivity index (χ1) is 16.0. The van der Waals surface area contributed by atoms with Crippen LogP contribution in [0.25, 0.3) is 10.9 Å². The number of hydrogen-bond donors (Lipinski definition) is 0. The molecule has 4 aromatic rings. The molecule has 0 saturated heterocycles. The Labute approximate surface area is 199 Å². The van der Waals surface area contributed by atoms with Gasteiger partial charge in [-0.3, -0.25) is 4.79 Å². The van der Waals surface area contributed by atoms with Crippen molar-refractivity contribution in [3.05, 3.63) is 106 Å². The first-order valence-corrected chi connectivity index (χ1v) is 11.4. The molecule has 0 aliphatic heterocycles. The monoisotopic (exact) mass is 458 g/mol. The lowest BCUT2D eigenvalue weighted by molar-refractivity contribution is 0.0726.